The molecule has 3 nitrogen and oxygen atoms in total. The lowest BCUT2D eigenvalue weighted by atomic mass is 10.2. The lowest BCUT2D eigenvalue weighted by Gasteiger charge is -2.12. The third kappa shape index (κ3) is 8.62. The van der Waals surface area contributed by atoms with Crippen LogP contribution in [-0.4, -0.2) is 30.3 Å². The molecule has 0 spiro atoms. The van der Waals surface area contributed by atoms with E-state index in [1.165, 1.54) is 0 Å². The summed E-state index contributed by atoms with van der Waals surface area (Å²) in [4.78, 5) is 11.7. The van der Waals surface area contributed by atoms with E-state index in [-0.39, 0.29) is 36.6 Å². The van der Waals surface area contributed by atoms with E-state index in [9.17, 15) is 18.0 Å². The molecule has 0 heterocycles. The van der Waals surface area contributed by atoms with Crippen molar-refractivity contribution >= 4 is 17.7 Å². The van der Waals surface area contributed by atoms with Crippen LogP contribution in [-0.2, 0) is 16.1 Å². The van der Waals surface area contributed by atoms with Gasteiger partial charge in [0.15, 0.2) is 0 Å². The SMILES string of the molecule is CC(CNCCSC(F)(F)F)C(=O)OCc1ccccc1. The summed E-state index contributed by atoms with van der Waals surface area (Å²) in [6.07, 6.45) is 0. The monoisotopic (exact) mass is 321 g/mol. The number of benzene rings is 1. The maximum absolute atomic E-state index is 11.9. The highest BCUT2D eigenvalue weighted by atomic mass is 32.2. The van der Waals surface area contributed by atoms with Crippen molar-refractivity contribution in [3.8, 4) is 0 Å². The van der Waals surface area contributed by atoms with Crippen LogP contribution in [0.5, 0.6) is 0 Å². The number of hydrogen-bond acceptors (Lipinski definition) is 4. The molecule has 0 radical (unpaired) electrons. The molecule has 1 rings (SSSR count). The highest BCUT2D eigenvalue weighted by Gasteiger charge is 2.27. The number of halogens is 3. The van der Waals surface area contributed by atoms with Gasteiger partial charge in [-0.1, -0.05) is 37.3 Å². The lowest BCUT2D eigenvalue weighted by Crippen LogP contribution is -2.29. The van der Waals surface area contributed by atoms with E-state index >= 15 is 0 Å². The molecule has 0 saturated carbocycles. The number of esters is 1. The Morgan fingerprint density at radius 3 is 2.62 bits per heavy atom. The van der Waals surface area contributed by atoms with Gasteiger partial charge in [0.05, 0.1) is 5.92 Å². The average Bonchev–Trinajstić information content (AvgIpc) is 2.44. The third-order valence-electron chi connectivity index (χ3n) is 2.62. The van der Waals surface area contributed by atoms with Crippen molar-refractivity contribution < 1.29 is 22.7 Å². The fourth-order valence-corrected chi connectivity index (χ4v) is 1.99. The van der Waals surface area contributed by atoms with Crippen LogP contribution in [0.15, 0.2) is 30.3 Å². The molecule has 1 N–H and O–H groups in total. The lowest BCUT2D eigenvalue weighted by molar-refractivity contribution is -0.149. The fourth-order valence-electron chi connectivity index (χ4n) is 1.51. The van der Waals surface area contributed by atoms with Crippen LogP contribution in [0, 0.1) is 5.92 Å². The molecule has 0 amide bonds. The van der Waals surface area contributed by atoms with Crippen molar-refractivity contribution in [1.29, 1.82) is 0 Å². The van der Waals surface area contributed by atoms with Crippen LogP contribution in [0.1, 0.15) is 12.5 Å². The summed E-state index contributed by atoms with van der Waals surface area (Å²) in [6, 6.07) is 9.28. The molecular formula is C14H18F3NO2S. The first-order chi connectivity index (χ1) is 9.88. The number of ether oxygens (including phenoxy) is 1. The van der Waals surface area contributed by atoms with Crippen LogP contribution in [0.25, 0.3) is 0 Å². The number of rotatable bonds is 8. The molecular weight excluding hydrogens is 303 g/mol. The Balaban J connectivity index is 2.14. The third-order valence-corrected chi connectivity index (χ3v) is 3.36. The Bertz CT molecular complexity index is 426. The first kappa shape index (κ1) is 17.8. The molecule has 0 bridgehead atoms. The Hall–Kier alpha value is -1.21. The van der Waals surface area contributed by atoms with Crippen molar-refractivity contribution in [2.75, 3.05) is 18.8 Å². The number of thioether (sulfide) groups is 1. The molecule has 118 valence electrons. The molecule has 0 aliphatic heterocycles. The minimum absolute atomic E-state index is 0.0741. The van der Waals surface area contributed by atoms with E-state index in [1.807, 2.05) is 30.3 Å². The summed E-state index contributed by atoms with van der Waals surface area (Å²) in [5.74, 6) is -0.839. The molecule has 0 aromatic heterocycles. The van der Waals surface area contributed by atoms with Crippen LogP contribution in [0.2, 0.25) is 0 Å². The van der Waals surface area contributed by atoms with E-state index in [0.29, 0.717) is 6.54 Å². The molecule has 7 heteroatoms. The summed E-state index contributed by atoms with van der Waals surface area (Å²) in [5.41, 5.74) is -3.31. The van der Waals surface area contributed by atoms with Gasteiger partial charge in [0, 0.05) is 18.8 Å². The summed E-state index contributed by atoms with van der Waals surface area (Å²) in [6.45, 7) is 2.37. The van der Waals surface area contributed by atoms with Gasteiger partial charge in [-0.2, -0.15) is 13.2 Å². The standard InChI is InChI=1S/C14H18F3NO2S/c1-11(9-18-7-8-21-14(15,16)17)13(19)20-10-12-5-3-2-4-6-12/h2-6,11,18H,7-10H2,1H3. The van der Waals surface area contributed by atoms with Crippen LogP contribution in [0.3, 0.4) is 0 Å². The molecule has 0 aliphatic rings. The second-order valence-electron chi connectivity index (χ2n) is 4.49. The zero-order chi connectivity index (χ0) is 15.7. The first-order valence-electron chi connectivity index (χ1n) is 6.50. The number of hydrogen-bond donors (Lipinski definition) is 1. The number of carbonyl (C=O) groups is 1. The van der Waals surface area contributed by atoms with E-state index in [0.717, 1.165) is 5.56 Å². The molecule has 0 fully saturated rings. The first-order valence-corrected chi connectivity index (χ1v) is 7.49. The van der Waals surface area contributed by atoms with Gasteiger partial charge in [-0.15, -0.1) is 0 Å². The largest absolute Gasteiger partial charge is 0.461 e. The van der Waals surface area contributed by atoms with Gasteiger partial charge in [-0.3, -0.25) is 4.79 Å². The smallest absolute Gasteiger partial charge is 0.441 e. The minimum Gasteiger partial charge on any atom is -0.461 e. The van der Waals surface area contributed by atoms with Gasteiger partial charge in [-0.05, 0) is 17.3 Å². The van der Waals surface area contributed by atoms with Crippen molar-refractivity contribution in [2.45, 2.75) is 19.0 Å². The normalized spacial score (nSPS) is 13.0. The van der Waals surface area contributed by atoms with Gasteiger partial charge in [-0.25, -0.2) is 0 Å². The fraction of sp³-hybridized carbons (Fsp3) is 0.500. The molecule has 21 heavy (non-hydrogen) atoms. The predicted octanol–water partition coefficient (Wildman–Crippen LogP) is 3.21. The molecule has 1 aromatic carbocycles. The van der Waals surface area contributed by atoms with Crippen molar-refractivity contribution in [3.05, 3.63) is 35.9 Å². The zero-order valence-corrected chi connectivity index (χ0v) is 12.5. The summed E-state index contributed by atoms with van der Waals surface area (Å²) in [7, 11) is 0. The zero-order valence-electron chi connectivity index (χ0n) is 11.7. The molecule has 0 saturated heterocycles. The Labute approximate surface area is 126 Å². The van der Waals surface area contributed by atoms with Crippen LogP contribution < -0.4 is 5.32 Å². The Morgan fingerprint density at radius 2 is 2.00 bits per heavy atom. The maximum Gasteiger partial charge on any atom is 0.441 e. The summed E-state index contributed by atoms with van der Waals surface area (Å²) in [5, 5.41) is 2.82. The van der Waals surface area contributed by atoms with Crippen molar-refractivity contribution in [2.24, 2.45) is 5.92 Å². The van der Waals surface area contributed by atoms with E-state index < -0.39 is 11.4 Å². The molecule has 1 unspecified atom stereocenters. The second kappa shape index (κ2) is 8.94. The number of nitrogens with one attached hydrogen (secondary N) is 1. The van der Waals surface area contributed by atoms with Crippen molar-refractivity contribution in [1.82, 2.24) is 5.32 Å². The molecule has 1 atom stereocenters. The Morgan fingerprint density at radius 1 is 1.33 bits per heavy atom. The minimum atomic E-state index is -4.21. The van der Waals surface area contributed by atoms with Crippen LogP contribution >= 0.6 is 11.8 Å². The maximum atomic E-state index is 11.9. The summed E-state index contributed by atoms with van der Waals surface area (Å²) < 4.78 is 40.8. The van der Waals surface area contributed by atoms with Crippen molar-refractivity contribution in [3.63, 3.8) is 0 Å². The van der Waals surface area contributed by atoms with Gasteiger partial charge < -0.3 is 10.1 Å². The van der Waals surface area contributed by atoms with E-state index in [1.54, 1.807) is 6.92 Å². The molecule has 1 aromatic rings. The van der Waals surface area contributed by atoms with E-state index in [4.69, 9.17) is 4.74 Å². The van der Waals surface area contributed by atoms with Gasteiger partial charge in [0.1, 0.15) is 6.61 Å². The van der Waals surface area contributed by atoms with Gasteiger partial charge in [0.25, 0.3) is 0 Å². The summed E-state index contributed by atoms with van der Waals surface area (Å²) >= 11 is -0.0775. The number of carbonyl (C=O) groups excluding carboxylic acids is 1. The van der Waals surface area contributed by atoms with Gasteiger partial charge in [0.2, 0.25) is 0 Å². The quantitative estimate of drug-likeness (QED) is 0.589. The number of alkyl halides is 3. The highest BCUT2D eigenvalue weighted by Crippen LogP contribution is 2.29. The molecule has 0 aliphatic carbocycles. The van der Waals surface area contributed by atoms with E-state index in [2.05, 4.69) is 5.32 Å². The average molecular weight is 321 g/mol. The second-order valence-corrected chi connectivity index (χ2v) is 5.65. The predicted molar refractivity (Wildman–Crippen MR) is 76.8 cm³/mol. The highest BCUT2D eigenvalue weighted by molar-refractivity contribution is 8.00. The van der Waals surface area contributed by atoms with Gasteiger partial charge >= 0.3 is 11.5 Å². The topological polar surface area (TPSA) is 38.3 Å². The van der Waals surface area contributed by atoms with Crippen LogP contribution in [0.4, 0.5) is 13.2 Å². The Kier molecular flexibility index (Phi) is 7.60.